The highest BCUT2D eigenvalue weighted by Crippen LogP contribution is 2.52. The predicted molar refractivity (Wildman–Crippen MR) is 129 cm³/mol. The molecule has 0 saturated carbocycles. The monoisotopic (exact) mass is 449 g/mol. The summed E-state index contributed by atoms with van der Waals surface area (Å²) in [6.07, 6.45) is 5.66. The maximum atomic E-state index is 12.4. The third kappa shape index (κ3) is 4.07. The second-order valence-electron chi connectivity index (χ2n) is 10.8. The Labute approximate surface area is 196 Å². The second kappa shape index (κ2) is 8.28. The van der Waals surface area contributed by atoms with Crippen molar-refractivity contribution in [3.05, 3.63) is 46.9 Å². The molecule has 1 atom stereocenters. The molecular formula is C26H35N5O2. The summed E-state index contributed by atoms with van der Waals surface area (Å²) in [7, 11) is 0. The van der Waals surface area contributed by atoms with Gasteiger partial charge in [-0.05, 0) is 82.7 Å². The molecule has 2 aromatic rings. The van der Waals surface area contributed by atoms with E-state index >= 15 is 0 Å². The number of ether oxygens (including phenoxy) is 1. The van der Waals surface area contributed by atoms with Gasteiger partial charge in [-0.3, -0.25) is 0 Å². The van der Waals surface area contributed by atoms with Crippen LogP contribution in [-0.4, -0.2) is 41.3 Å². The van der Waals surface area contributed by atoms with Crippen LogP contribution in [0.5, 0.6) is 0 Å². The molecule has 0 bridgehead atoms. The number of piperidine rings is 1. The summed E-state index contributed by atoms with van der Waals surface area (Å²) in [6, 6.07) is 6.47. The lowest BCUT2D eigenvalue weighted by Crippen LogP contribution is -2.43. The number of anilines is 2. The summed E-state index contributed by atoms with van der Waals surface area (Å²) in [6.45, 7) is 11.3. The average Bonchev–Trinajstić information content (AvgIpc) is 3.31. The highest BCUT2D eigenvalue weighted by Gasteiger charge is 2.46. The average molecular weight is 450 g/mol. The predicted octanol–water partition coefficient (Wildman–Crippen LogP) is 4.32. The van der Waals surface area contributed by atoms with Crippen molar-refractivity contribution >= 4 is 17.6 Å². The summed E-state index contributed by atoms with van der Waals surface area (Å²) in [4.78, 5) is 24.2. The summed E-state index contributed by atoms with van der Waals surface area (Å²) in [5, 5.41) is 6.52. The minimum absolute atomic E-state index is 0.0481. The van der Waals surface area contributed by atoms with Crippen molar-refractivity contribution in [1.82, 2.24) is 20.6 Å². The fraction of sp³-hybridized carbons (Fsp3) is 0.577. The minimum Gasteiger partial charge on any atom is -0.444 e. The number of amides is 1. The van der Waals surface area contributed by atoms with Crippen LogP contribution in [-0.2, 0) is 23.1 Å². The summed E-state index contributed by atoms with van der Waals surface area (Å²) in [5.74, 6) is 1.54. The Hall–Kier alpha value is -2.67. The Kier molecular flexibility index (Phi) is 5.55. The topological polar surface area (TPSA) is 79.4 Å². The standard InChI is InChI=1S/C26H35N5O2/c1-17-8-9-19-21(17)23(30-16-29-19)31-15-26(10-12-27-13-11-26)22-18(6-5-7-20(22)31)14-28-24(32)33-25(2,3)4/h5-7,16-17,27H,8-15H2,1-4H3,(H,28,32). The van der Waals surface area contributed by atoms with Gasteiger partial charge in [-0.15, -0.1) is 0 Å². The number of nitrogens with zero attached hydrogens (tertiary/aromatic N) is 3. The number of benzene rings is 1. The number of nitrogens with one attached hydrogen (secondary N) is 2. The van der Waals surface area contributed by atoms with Gasteiger partial charge in [0.15, 0.2) is 0 Å². The van der Waals surface area contributed by atoms with Crippen molar-refractivity contribution in [3.8, 4) is 0 Å². The molecule has 2 aliphatic heterocycles. The molecule has 1 fully saturated rings. The third-order valence-electron chi connectivity index (χ3n) is 7.30. The van der Waals surface area contributed by atoms with Crippen molar-refractivity contribution in [2.24, 2.45) is 0 Å². The molecule has 7 heteroatoms. The van der Waals surface area contributed by atoms with Crippen LogP contribution in [0.4, 0.5) is 16.3 Å². The van der Waals surface area contributed by atoms with Gasteiger partial charge in [0, 0.05) is 35.4 Å². The van der Waals surface area contributed by atoms with Crippen molar-refractivity contribution in [2.75, 3.05) is 24.5 Å². The van der Waals surface area contributed by atoms with Gasteiger partial charge in [-0.25, -0.2) is 14.8 Å². The first-order chi connectivity index (χ1) is 15.8. The smallest absolute Gasteiger partial charge is 0.407 e. The fourth-order valence-electron chi connectivity index (χ4n) is 5.86. The second-order valence-corrected chi connectivity index (χ2v) is 10.8. The maximum absolute atomic E-state index is 12.4. The number of hydrogen-bond donors (Lipinski definition) is 2. The normalized spacial score (nSPS) is 21.1. The van der Waals surface area contributed by atoms with Gasteiger partial charge in [0.25, 0.3) is 0 Å². The lowest BCUT2D eigenvalue weighted by molar-refractivity contribution is 0.0523. The van der Waals surface area contributed by atoms with Gasteiger partial charge in [-0.2, -0.15) is 0 Å². The third-order valence-corrected chi connectivity index (χ3v) is 7.30. The van der Waals surface area contributed by atoms with Crippen LogP contribution in [0.3, 0.4) is 0 Å². The molecule has 1 aromatic carbocycles. The van der Waals surface area contributed by atoms with Crippen molar-refractivity contribution < 1.29 is 9.53 Å². The molecule has 5 rings (SSSR count). The van der Waals surface area contributed by atoms with E-state index in [0.29, 0.717) is 12.5 Å². The van der Waals surface area contributed by atoms with Crippen molar-refractivity contribution in [3.63, 3.8) is 0 Å². The van der Waals surface area contributed by atoms with E-state index < -0.39 is 5.60 Å². The Morgan fingerprint density at radius 3 is 2.82 bits per heavy atom. The van der Waals surface area contributed by atoms with Crippen LogP contribution in [0.1, 0.15) is 75.3 Å². The molecule has 1 saturated heterocycles. The van der Waals surface area contributed by atoms with Gasteiger partial charge in [-0.1, -0.05) is 19.1 Å². The molecule has 0 radical (unpaired) electrons. The quantitative estimate of drug-likeness (QED) is 0.726. The van der Waals surface area contributed by atoms with Crippen LogP contribution in [0, 0.1) is 0 Å². The highest BCUT2D eigenvalue weighted by molar-refractivity contribution is 5.75. The van der Waals surface area contributed by atoms with Gasteiger partial charge in [0.2, 0.25) is 0 Å². The molecule has 7 nitrogen and oxygen atoms in total. The van der Waals surface area contributed by atoms with Gasteiger partial charge in [0.05, 0.1) is 0 Å². The number of carbonyl (C=O) groups is 1. The molecule has 1 aromatic heterocycles. The van der Waals surface area contributed by atoms with Crippen molar-refractivity contribution in [1.29, 1.82) is 0 Å². The summed E-state index contributed by atoms with van der Waals surface area (Å²) < 4.78 is 5.48. The summed E-state index contributed by atoms with van der Waals surface area (Å²) in [5.41, 5.74) is 5.80. The molecule has 3 heterocycles. The summed E-state index contributed by atoms with van der Waals surface area (Å²) >= 11 is 0. The molecule has 2 N–H and O–H groups in total. The Balaban J connectivity index is 1.53. The molecule has 33 heavy (non-hydrogen) atoms. The van der Waals surface area contributed by atoms with Crippen molar-refractivity contribution in [2.45, 2.75) is 76.9 Å². The Morgan fingerprint density at radius 2 is 2.06 bits per heavy atom. The number of fused-ring (bicyclic) bond motifs is 3. The zero-order valence-corrected chi connectivity index (χ0v) is 20.2. The van der Waals surface area contributed by atoms with E-state index in [-0.39, 0.29) is 11.5 Å². The maximum Gasteiger partial charge on any atom is 0.407 e. The van der Waals surface area contributed by atoms with Crippen LogP contribution < -0.4 is 15.5 Å². The first kappa shape index (κ1) is 22.1. The van der Waals surface area contributed by atoms with E-state index in [1.54, 1.807) is 6.33 Å². The molecule has 1 aliphatic carbocycles. The number of alkyl carbamates (subject to hydrolysis) is 1. The zero-order valence-electron chi connectivity index (χ0n) is 20.2. The van der Waals surface area contributed by atoms with E-state index in [4.69, 9.17) is 9.72 Å². The SMILES string of the molecule is CC1CCc2ncnc(N3CC4(CCNCC4)c4c(CNC(=O)OC(C)(C)C)cccc43)c21. The zero-order chi connectivity index (χ0) is 23.2. The van der Waals surface area contributed by atoms with Gasteiger partial charge in [0.1, 0.15) is 17.7 Å². The first-order valence-electron chi connectivity index (χ1n) is 12.2. The molecular weight excluding hydrogens is 414 g/mol. The van der Waals surface area contributed by atoms with E-state index in [0.717, 1.165) is 51.1 Å². The molecule has 3 aliphatic rings. The number of aromatic nitrogens is 2. The van der Waals surface area contributed by atoms with E-state index in [1.807, 2.05) is 20.8 Å². The largest absolute Gasteiger partial charge is 0.444 e. The number of rotatable bonds is 3. The van der Waals surface area contributed by atoms with E-state index in [1.165, 1.54) is 28.1 Å². The lowest BCUT2D eigenvalue weighted by atomic mass is 9.73. The van der Waals surface area contributed by atoms with Gasteiger partial charge >= 0.3 is 6.09 Å². The number of hydrogen-bond acceptors (Lipinski definition) is 6. The van der Waals surface area contributed by atoms with Crippen LogP contribution in [0.2, 0.25) is 0 Å². The highest BCUT2D eigenvalue weighted by atomic mass is 16.6. The Morgan fingerprint density at radius 1 is 1.27 bits per heavy atom. The molecule has 176 valence electrons. The fourth-order valence-corrected chi connectivity index (χ4v) is 5.86. The van der Waals surface area contributed by atoms with Gasteiger partial charge < -0.3 is 20.3 Å². The first-order valence-corrected chi connectivity index (χ1v) is 12.2. The number of aryl methyl sites for hydroxylation is 1. The van der Waals surface area contributed by atoms with Crippen LogP contribution in [0.15, 0.2) is 24.5 Å². The Bertz CT molecular complexity index is 1060. The minimum atomic E-state index is -0.514. The van der Waals surface area contributed by atoms with Crippen LogP contribution >= 0.6 is 0 Å². The number of carbonyl (C=O) groups excluding carboxylic acids is 1. The molecule has 1 unspecified atom stereocenters. The molecule has 1 spiro atoms. The van der Waals surface area contributed by atoms with E-state index in [2.05, 4.69) is 45.6 Å². The van der Waals surface area contributed by atoms with E-state index in [9.17, 15) is 4.79 Å². The van der Waals surface area contributed by atoms with Crippen LogP contribution in [0.25, 0.3) is 0 Å². The lowest BCUT2D eigenvalue weighted by Gasteiger charge is -2.36. The molecule has 1 amide bonds.